The largest absolute Gasteiger partial charge is 0.493 e. The van der Waals surface area contributed by atoms with E-state index in [0.717, 1.165) is 38.0 Å². The van der Waals surface area contributed by atoms with Gasteiger partial charge in [-0.1, -0.05) is 31.5 Å². The molecule has 1 aromatic rings. The van der Waals surface area contributed by atoms with E-state index in [-0.39, 0.29) is 11.4 Å². The quantitative estimate of drug-likeness (QED) is 0.661. The molecule has 2 heterocycles. The van der Waals surface area contributed by atoms with Crippen LogP contribution < -0.4 is 5.56 Å². The summed E-state index contributed by atoms with van der Waals surface area (Å²) >= 11 is 1.55. The van der Waals surface area contributed by atoms with Gasteiger partial charge in [0.2, 0.25) is 5.88 Å². The molecule has 4 nitrogen and oxygen atoms in total. The molecule has 0 bridgehead atoms. The van der Waals surface area contributed by atoms with E-state index < -0.39 is 0 Å². The van der Waals surface area contributed by atoms with Crippen molar-refractivity contribution < 1.29 is 5.11 Å². The number of thioether (sulfide) groups is 1. The smallest absolute Gasteiger partial charge is 0.261 e. The molecule has 0 atom stereocenters. The van der Waals surface area contributed by atoms with Crippen molar-refractivity contribution in [2.45, 2.75) is 50.7 Å². The molecule has 0 unspecified atom stereocenters. The van der Waals surface area contributed by atoms with Crippen molar-refractivity contribution >= 4 is 11.8 Å². The maximum atomic E-state index is 12.2. The van der Waals surface area contributed by atoms with Crippen LogP contribution in [0, 0.1) is 0 Å². The monoisotopic (exact) mass is 254 g/mol. The van der Waals surface area contributed by atoms with E-state index in [1.165, 1.54) is 0 Å². The summed E-state index contributed by atoms with van der Waals surface area (Å²) in [5.74, 6) is 0.910. The molecule has 1 N–H and O–H groups in total. The Balaban J connectivity index is 2.29. The fourth-order valence-corrected chi connectivity index (χ4v) is 2.96. The van der Waals surface area contributed by atoms with Gasteiger partial charge in [0, 0.05) is 12.3 Å². The topological polar surface area (TPSA) is 55.1 Å². The summed E-state index contributed by atoms with van der Waals surface area (Å²) in [4.78, 5) is 16.3. The highest BCUT2D eigenvalue weighted by molar-refractivity contribution is 7.99. The van der Waals surface area contributed by atoms with Gasteiger partial charge in [-0.2, -0.15) is 4.98 Å². The lowest BCUT2D eigenvalue weighted by atomic mass is 10.1. The number of fused-ring (bicyclic) bond motifs is 1. The molecule has 0 fully saturated rings. The number of unbranched alkanes of at least 4 members (excludes halogenated alkanes) is 2. The molecule has 0 aliphatic carbocycles. The standard InChI is InChI=1S/C12H18N2O2S/c1-2-3-4-6-9-10(15)13-12-14(11(9)16)7-5-8-17-12/h15H,2-8H2,1H3. The van der Waals surface area contributed by atoms with E-state index in [1.54, 1.807) is 16.3 Å². The molecule has 0 aromatic carbocycles. The van der Waals surface area contributed by atoms with Gasteiger partial charge in [0.15, 0.2) is 5.16 Å². The average Bonchev–Trinajstić information content (AvgIpc) is 2.33. The van der Waals surface area contributed by atoms with Gasteiger partial charge in [0.1, 0.15) is 0 Å². The first-order valence-electron chi connectivity index (χ1n) is 6.19. The van der Waals surface area contributed by atoms with Gasteiger partial charge >= 0.3 is 0 Å². The van der Waals surface area contributed by atoms with E-state index in [9.17, 15) is 9.90 Å². The molecule has 0 radical (unpaired) electrons. The number of aromatic nitrogens is 2. The number of nitrogens with zero attached hydrogens (tertiary/aromatic N) is 2. The van der Waals surface area contributed by atoms with Crippen LogP contribution in [0.25, 0.3) is 0 Å². The van der Waals surface area contributed by atoms with Crippen molar-refractivity contribution in [1.29, 1.82) is 0 Å². The molecule has 0 amide bonds. The van der Waals surface area contributed by atoms with Crippen molar-refractivity contribution in [3.05, 3.63) is 15.9 Å². The van der Waals surface area contributed by atoms with Crippen molar-refractivity contribution in [1.82, 2.24) is 9.55 Å². The molecule has 0 spiro atoms. The Morgan fingerprint density at radius 2 is 2.29 bits per heavy atom. The summed E-state index contributed by atoms with van der Waals surface area (Å²) < 4.78 is 1.70. The van der Waals surface area contributed by atoms with Gasteiger partial charge in [0.05, 0.1) is 5.56 Å². The molecule has 1 aliphatic rings. The van der Waals surface area contributed by atoms with Crippen LogP contribution in [-0.4, -0.2) is 20.4 Å². The molecule has 1 aromatic heterocycles. The molecule has 0 saturated heterocycles. The zero-order valence-electron chi connectivity index (χ0n) is 10.1. The normalized spacial score (nSPS) is 14.6. The third-order valence-electron chi connectivity index (χ3n) is 2.99. The summed E-state index contributed by atoms with van der Waals surface area (Å²) in [6.45, 7) is 2.85. The Kier molecular flexibility index (Phi) is 4.10. The second-order valence-electron chi connectivity index (χ2n) is 4.31. The first kappa shape index (κ1) is 12.5. The van der Waals surface area contributed by atoms with Gasteiger partial charge in [-0.05, 0) is 19.3 Å². The summed E-state index contributed by atoms with van der Waals surface area (Å²) in [7, 11) is 0. The predicted octanol–water partition coefficient (Wildman–Crippen LogP) is 2.18. The van der Waals surface area contributed by atoms with E-state index in [1.807, 2.05) is 0 Å². The van der Waals surface area contributed by atoms with Gasteiger partial charge < -0.3 is 5.11 Å². The van der Waals surface area contributed by atoms with Gasteiger partial charge in [-0.3, -0.25) is 9.36 Å². The summed E-state index contributed by atoms with van der Waals surface area (Å²) in [5.41, 5.74) is 0.445. The molecule has 1 aliphatic heterocycles. The second-order valence-corrected chi connectivity index (χ2v) is 5.37. The minimum absolute atomic E-state index is 0.0456. The van der Waals surface area contributed by atoms with Crippen molar-refractivity contribution in [3.8, 4) is 5.88 Å². The Labute approximate surface area is 105 Å². The van der Waals surface area contributed by atoms with E-state index in [4.69, 9.17) is 0 Å². The predicted molar refractivity (Wildman–Crippen MR) is 68.7 cm³/mol. The molecular formula is C12H18N2O2S. The SMILES string of the molecule is CCCCCc1c(O)nc2n(c1=O)CCCS2. The first-order chi connectivity index (χ1) is 8.24. The molecule has 5 heteroatoms. The maximum absolute atomic E-state index is 12.2. The molecular weight excluding hydrogens is 236 g/mol. The van der Waals surface area contributed by atoms with Gasteiger partial charge in [-0.15, -0.1) is 0 Å². The Morgan fingerprint density at radius 3 is 3.06 bits per heavy atom. The maximum Gasteiger partial charge on any atom is 0.261 e. The van der Waals surface area contributed by atoms with E-state index in [2.05, 4.69) is 11.9 Å². The number of hydrogen-bond donors (Lipinski definition) is 1. The summed E-state index contributed by atoms with van der Waals surface area (Å²) in [5, 5.41) is 10.5. The zero-order chi connectivity index (χ0) is 12.3. The molecule has 94 valence electrons. The van der Waals surface area contributed by atoms with Crippen LogP contribution in [0.5, 0.6) is 5.88 Å². The van der Waals surface area contributed by atoms with Crippen LogP contribution >= 0.6 is 11.8 Å². The molecule has 2 rings (SSSR count). The lowest BCUT2D eigenvalue weighted by molar-refractivity contribution is 0.418. The lowest BCUT2D eigenvalue weighted by Gasteiger charge is -2.17. The fraction of sp³-hybridized carbons (Fsp3) is 0.667. The zero-order valence-corrected chi connectivity index (χ0v) is 10.9. The number of hydrogen-bond acceptors (Lipinski definition) is 4. The van der Waals surface area contributed by atoms with Crippen molar-refractivity contribution in [2.24, 2.45) is 0 Å². The van der Waals surface area contributed by atoms with Crippen LogP contribution in [0.15, 0.2) is 9.95 Å². The first-order valence-corrected chi connectivity index (χ1v) is 7.18. The minimum Gasteiger partial charge on any atom is -0.493 e. The number of aromatic hydroxyl groups is 1. The highest BCUT2D eigenvalue weighted by Crippen LogP contribution is 2.24. The number of rotatable bonds is 4. The average molecular weight is 254 g/mol. The highest BCUT2D eigenvalue weighted by Gasteiger charge is 2.18. The van der Waals surface area contributed by atoms with Crippen LogP contribution in [0.1, 0.15) is 38.2 Å². The van der Waals surface area contributed by atoms with Crippen LogP contribution in [0.2, 0.25) is 0 Å². The third kappa shape index (κ3) is 2.65. The van der Waals surface area contributed by atoms with Crippen molar-refractivity contribution in [2.75, 3.05) is 5.75 Å². The Hall–Kier alpha value is -0.970. The summed E-state index contributed by atoms with van der Waals surface area (Å²) in [6, 6.07) is 0. The van der Waals surface area contributed by atoms with Gasteiger partial charge in [-0.25, -0.2) is 0 Å². The van der Waals surface area contributed by atoms with E-state index >= 15 is 0 Å². The Morgan fingerprint density at radius 1 is 1.47 bits per heavy atom. The third-order valence-corrected chi connectivity index (χ3v) is 4.06. The highest BCUT2D eigenvalue weighted by atomic mass is 32.2. The Bertz CT molecular complexity index is 457. The van der Waals surface area contributed by atoms with Crippen LogP contribution in [0.4, 0.5) is 0 Å². The minimum atomic E-state index is -0.0632. The lowest BCUT2D eigenvalue weighted by Crippen LogP contribution is -2.28. The molecule has 17 heavy (non-hydrogen) atoms. The summed E-state index contributed by atoms with van der Waals surface area (Å²) in [6.07, 6.45) is 4.76. The molecule has 0 saturated carbocycles. The van der Waals surface area contributed by atoms with Gasteiger partial charge in [0.25, 0.3) is 5.56 Å². The van der Waals surface area contributed by atoms with Crippen LogP contribution in [0.3, 0.4) is 0 Å². The van der Waals surface area contributed by atoms with Crippen LogP contribution in [-0.2, 0) is 13.0 Å². The fourth-order valence-electron chi connectivity index (χ4n) is 2.03. The van der Waals surface area contributed by atoms with Crippen molar-refractivity contribution in [3.63, 3.8) is 0 Å². The van der Waals surface area contributed by atoms with E-state index in [0.29, 0.717) is 17.1 Å². The second kappa shape index (κ2) is 5.58.